The Kier molecular flexibility index (Phi) is 6.80. The van der Waals surface area contributed by atoms with Crippen molar-refractivity contribution >= 4 is 15.7 Å². The molecule has 1 N–H and O–H groups in total. The summed E-state index contributed by atoms with van der Waals surface area (Å²) in [5, 5.41) is 10.4. The average molecular weight is 511 g/mol. The number of alkyl halides is 2. The molecule has 0 spiro atoms. The summed E-state index contributed by atoms with van der Waals surface area (Å²) in [6.45, 7) is 0.849. The second kappa shape index (κ2) is 10.2. The van der Waals surface area contributed by atoms with Crippen molar-refractivity contribution in [3.05, 3.63) is 101 Å². The summed E-state index contributed by atoms with van der Waals surface area (Å²) < 4.78 is 59.0. The van der Waals surface area contributed by atoms with Gasteiger partial charge in [-0.2, -0.15) is 8.78 Å². The maximum absolute atomic E-state index is 13.6. The van der Waals surface area contributed by atoms with Gasteiger partial charge in [0.15, 0.2) is 0 Å². The lowest BCUT2D eigenvalue weighted by molar-refractivity contribution is 0.116. The molecule has 0 amide bonds. The minimum absolute atomic E-state index is 0.0135. The highest BCUT2D eigenvalue weighted by Crippen LogP contribution is 2.30. The van der Waals surface area contributed by atoms with Crippen LogP contribution in [0.15, 0.2) is 83.3 Å². The molecule has 4 aromatic rings. The van der Waals surface area contributed by atoms with E-state index in [4.69, 9.17) is 4.42 Å². The Balaban J connectivity index is 1.34. The van der Waals surface area contributed by atoms with Gasteiger partial charge < -0.3 is 9.73 Å². The largest absolute Gasteiger partial charge is 0.415 e. The monoisotopic (exact) mass is 510 g/mol. The number of rotatable bonds is 9. The van der Waals surface area contributed by atoms with Gasteiger partial charge in [-0.15, -0.1) is 10.2 Å². The van der Waals surface area contributed by atoms with E-state index in [1.165, 1.54) is 9.87 Å². The Bertz CT molecular complexity index is 1430. The lowest BCUT2D eigenvalue weighted by Gasteiger charge is -2.25. The van der Waals surface area contributed by atoms with Crippen molar-refractivity contribution in [2.24, 2.45) is 0 Å². The van der Waals surface area contributed by atoms with E-state index in [9.17, 15) is 17.2 Å². The number of sulfonamides is 1. The fourth-order valence-electron chi connectivity index (χ4n) is 4.32. The predicted molar refractivity (Wildman–Crippen MR) is 132 cm³/mol. The van der Waals surface area contributed by atoms with Crippen molar-refractivity contribution in [3.63, 3.8) is 0 Å². The summed E-state index contributed by atoms with van der Waals surface area (Å²) in [7, 11) is -3.66. The number of hydrogen-bond acceptors (Lipinski definition) is 6. The van der Waals surface area contributed by atoms with Crippen LogP contribution in [0.2, 0.25) is 0 Å². The van der Waals surface area contributed by atoms with Gasteiger partial charge in [-0.3, -0.25) is 4.31 Å². The fourth-order valence-corrected chi connectivity index (χ4v) is 5.86. The minimum atomic E-state index is -3.66. The molecular weight excluding hydrogens is 486 g/mol. The molecule has 7 nitrogen and oxygen atoms in total. The number of hydrogen-bond donors (Lipinski definition) is 1. The first-order valence-corrected chi connectivity index (χ1v) is 13.1. The van der Waals surface area contributed by atoms with Crippen molar-refractivity contribution in [2.45, 2.75) is 32.0 Å². The molecule has 5 rings (SSSR count). The highest BCUT2D eigenvalue weighted by molar-refractivity contribution is 7.92. The van der Waals surface area contributed by atoms with Gasteiger partial charge in [-0.1, -0.05) is 54.6 Å². The van der Waals surface area contributed by atoms with Crippen LogP contribution in [0.1, 0.15) is 41.5 Å². The number of nitrogens with zero attached hydrogens (tertiary/aromatic N) is 3. The molecule has 0 saturated heterocycles. The molecule has 0 radical (unpaired) electrons. The smallest absolute Gasteiger partial charge is 0.314 e. The molecule has 1 aliphatic rings. The van der Waals surface area contributed by atoms with Crippen molar-refractivity contribution in [1.82, 2.24) is 15.5 Å². The minimum Gasteiger partial charge on any atom is -0.415 e. The van der Waals surface area contributed by atoms with Crippen LogP contribution in [0.3, 0.4) is 0 Å². The Hall–Kier alpha value is -3.63. The van der Waals surface area contributed by atoms with Crippen LogP contribution < -0.4 is 9.62 Å². The highest BCUT2D eigenvalue weighted by atomic mass is 32.2. The number of halogens is 2. The zero-order chi connectivity index (χ0) is 25.1. The molecule has 0 aliphatic carbocycles. The summed E-state index contributed by atoms with van der Waals surface area (Å²) in [6.07, 6.45) is -2.39. The standard InChI is InChI=1S/C26H24F2N4O3S/c27-24(28)26-31-30-25(35-26)19-12-10-18(11-13-19)17-32(21-7-2-1-3-8-21)36(33,34)15-14-23-22-9-5-4-6-20(22)16-29-23/h1-13,23-24,29H,14-17H2. The molecule has 0 bridgehead atoms. The summed E-state index contributed by atoms with van der Waals surface area (Å²) in [5.41, 5.74) is 4.11. The van der Waals surface area contributed by atoms with E-state index in [1.807, 2.05) is 24.3 Å². The molecule has 0 saturated carbocycles. The van der Waals surface area contributed by atoms with Crippen LogP contribution in [0.4, 0.5) is 14.5 Å². The first kappa shape index (κ1) is 24.1. The van der Waals surface area contributed by atoms with E-state index in [2.05, 4.69) is 21.6 Å². The second-order valence-electron chi connectivity index (χ2n) is 8.52. The first-order valence-electron chi connectivity index (χ1n) is 11.5. The van der Waals surface area contributed by atoms with Gasteiger partial charge in [-0.05, 0) is 47.4 Å². The Labute approximate surface area is 207 Å². The molecule has 0 fully saturated rings. The van der Waals surface area contributed by atoms with E-state index < -0.39 is 22.3 Å². The third kappa shape index (κ3) is 5.14. The van der Waals surface area contributed by atoms with Crippen molar-refractivity contribution in [1.29, 1.82) is 0 Å². The van der Waals surface area contributed by atoms with Gasteiger partial charge in [0.2, 0.25) is 15.9 Å². The normalized spacial score (nSPS) is 15.2. The van der Waals surface area contributed by atoms with E-state index >= 15 is 0 Å². The summed E-state index contributed by atoms with van der Waals surface area (Å²) in [5.74, 6) is -0.784. The number of anilines is 1. The molecule has 1 aromatic heterocycles. The van der Waals surface area contributed by atoms with Crippen molar-refractivity contribution in [3.8, 4) is 11.5 Å². The van der Waals surface area contributed by atoms with Gasteiger partial charge in [0.05, 0.1) is 18.0 Å². The highest BCUT2D eigenvalue weighted by Gasteiger charge is 2.27. The summed E-state index contributed by atoms with van der Waals surface area (Å²) >= 11 is 0. The summed E-state index contributed by atoms with van der Waals surface area (Å²) in [6, 6.07) is 23.7. The summed E-state index contributed by atoms with van der Waals surface area (Å²) in [4.78, 5) is 0. The van der Waals surface area contributed by atoms with E-state index in [0.29, 0.717) is 17.7 Å². The lowest BCUT2D eigenvalue weighted by Crippen LogP contribution is -2.33. The Morgan fingerprint density at radius 2 is 1.69 bits per heavy atom. The molecule has 186 valence electrons. The predicted octanol–water partition coefficient (Wildman–Crippen LogP) is 5.25. The third-order valence-corrected chi connectivity index (χ3v) is 7.93. The lowest BCUT2D eigenvalue weighted by atomic mass is 10.0. The van der Waals surface area contributed by atoms with E-state index in [1.54, 1.807) is 48.5 Å². The molecule has 36 heavy (non-hydrogen) atoms. The zero-order valence-corrected chi connectivity index (χ0v) is 20.0. The van der Waals surface area contributed by atoms with Crippen LogP contribution in [0, 0.1) is 0 Å². The van der Waals surface area contributed by atoms with Gasteiger partial charge >= 0.3 is 6.43 Å². The van der Waals surface area contributed by atoms with Crippen LogP contribution >= 0.6 is 0 Å². The number of benzene rings is 3. The maximum atomic E-state index is 13.6. The van der Waals surface area contributed by atoms with Gasteiger partial charge in [-0.25, -0.2) is 8.42 Å². The van der Waals surface area contributed by atoms with E-state index in [0.717, 1.165) is 17.7 Å². The topological polar surface area (TPSA) is 88.3 Å². The van der Waals surface area contributed by atoms with Crippen molar-refractivity contribution < 1.29 is 21.6 Å². The quantitative estimate of drug-likeness (QED) is 0.331. The molecule has 1 aliphatic heterocycles. The number of nitrogens with one attached hydrogen (secondary N) is 1. The molecule has 3 aromatic carbocycles. The number of fused-ring (bicyclic) bond motifs is 1. The molecule has 10 heteroatoms. The van der Waals surface area contributed by atoms with Gasteiger partial charge in [0, 0.05) is 18.2 Å². The van der Waals surface area contributed by atoms with Crippen LogP contribution in [0.25, 0.3) is 11.5 Å². The SMILES string of the molecule is O=S(=O)(CCC1NCc2ccccc21)N(Cc1ccc(-c2nnc(C(F)F)o2)cc1)c1ccccc1. The van der Waals surface area contributed by atoms with E-state index in [-0.39, 0.29) is 24.2 Å². The number of para-hydroxylation sites is 1. The number of aromatic nitrogens is 2. The maximum Gasteiger partial charge on any atom is 0.314 e. The first-order chi connectivity index (χ1) is 17.4. The van der Waals surface area contributed by atoms with Gasteiger partial charge in [0.1, 0.15) is 0 Å². The van der Waals surface area contributed by atoms with Gasteiger partial charge in [0.25, 0.3) is 5.89 Å². The molecular formula is C26H24F2N4O3S. The molecule has 1 unspecified atom stereocenters. The Morgan fingerprint density at radius 1 is 0.972 bits per heavy atom. The molecule has 2 heterocycles. The zero-order valence-electron chi connectivity index (χ0n) is 19.2. The van der Waals surface area contributed by atoms with Crippen LogP contribution in [-0.2, 0) is 23.1 Å². The van der Waals surface area contributed by atoms with Crippen LogP contribution in [-0.4, -0.2) is 24.4 Å². The van der Waals surface area contributed by atoms with Crippen LogP contribution in [0.5, 0.6) is 0 Å². The fraction of sp³-hybridized carbons (Fsp3) is 0.231. The van der Waals surface area contributed by atoms with Crippen molar-refractivity contribution in [2.75, 3.05) is 10.1 Å². The third-order valence-electron chi connectivity index (χ3n) is 6.17. The second-order valence-corrected chi connectivity index (χ2v) is 10.5. The Morgan fingerprint density at radius 3 is 2.42 bits per heavy atom. The average Bonchev–Trinajstić information content (AvgIpc) is 3.55. The molecule has 1 atom stereocenters.